The molecule has 2 amide bonds. The van der Waals surface area contributed by atoms with Crippen LogP contribution in [0, 0.1) is 5.82 Å². The molecule has 5 heteroatoms. The summed E-state index contributed by atoms with van der Waals surface area (Å²) in [6.07, 6.45) is 0.880. The van der Waals surface area contributed by atoms with Crippen LogP contribution in [0.5, 0.6) is 5.75 Å². The fourth-order valence-electron chi connectivity index (χ4n) is 1.30. The monoisotopic (exact) mass is 240 g/mol. The first kappa shape index (κ1) is 13.3. The summed E-state index contributed by atoms with van der Waals surface area (Å²) in [7, 11) is 1.41. The minimum absolute atomic E-state index is 0.198. The van der Waals surface area contributed by atoms with Crippen molar-refractivity contribution in [3.63, 3.8) is 0 Å². The molecule has 0 atom stereocenters. The molecule has 0 aliphatic rings. The number of amides is 2. The fourth-order valence-corrected chi connectivity index (χ4v) is 1.30. The molecule has 0 fully saturated rings. The number of methoxy groups -OCH3 is 1. The standard InChI is InChI=1S/C12H17FN2O2/c1-3-6-14-12(16)15-8-9-4-5-11(17-2)10(13)7-9/h4-5,7H,3,6,8H2,1-2H3,(H2,14,15,16). The van der Waals surface area contributed by atoms with Gasteiger partial charge in [-0.1, -0.05) is 13.0 Å². The van der Waals surface area contributed by atoms with E-state index in [1.54, 1.807) is 6.07 Å². The first-order valence-electron chi connectivity index (χ1n) is 5.51. The molecule has 0 saturated heterocycles. The second-order valence-electron chi connectivity index (χ2n) is 3.58. The zero-order valence-electron chi connectivity index (χ0n) is 10.0. The molecule has 0 radical (unpaired) electrons. The van der Waals surface area contributed by atoms with E-state index >= 15 is 0 Å². The number of halogens is 1. The highest BCUT2D eigenvalue weighted by atomic mass is 19.1. The van der Waals surface area contributed by atoms with Gasteiger partial charge in [0.1, 0.15) is 0 Å². The van der Waals surface area contributed by atoms with Crippen LogP contribution in [-0.2, 0) is 6.54 Å². The van der Waals surface area contributed by atoms with Crippen molar-refractivity contribution < 1.29 is 13.9 Å². The van der Waals surface area contributed by atoms with Crippen LogP contribution in [-0.4, -0.2) is 19.7 Å². The van der Waals surface area contributed by atoms with Crippen LogP contribution in [0.4, 0.5) is 9.18 Å². The van der Waals surface area contributed by atoms with E-state index in [1.807, 2.05) is 6.92 Å². The number of urea groups is 1. The van der Waals surface area contributed by atoms with Gasteiger partial charge in [0.05, 0.1) is 7.11 Å². The fraction of sp³-hybridized carbons (Fsp3) is 0.417. The second-order valence-corrected chi connectivity index (χ2v) is 3.58. The van der Waals surface area contributed by atoms with E-state index in [0.717, 1.165) is 6.42 Å². The third-order valence-electron chi connectivity index (χ3n) is 2.20. The lowest BCUT2D eigenvalue weighted by atomic mass is 10.2. The number of benzene rings is 1. The van der Waals surface area contributed by atoms with Crippen LogP contribution in [0.3, 0.4) is 0 Å². The van der Waals surface area contributed by atoms with Gasteiger partial charge in [-0.25, -0.2) is 9.18 Å². The molecule has 0 bridgehead atoms. The summed E-state index contributed by atoms with van der Waals surface area (Å²) in [5, 5.41) is 5.31. The van der Waals surface area contributed by atoms with Gasteiger partial charge in [-0.3, -0.25) is 0 Å². The summed E-state index contributed by atoms with van der Waals surface area (Å²) >= 11 is 0. The van der Waals surface area contributed by atoms with Gasteiger partial charge in [0, 0.05) is 13.1 Å². The number of hydrogen-bond donors (Lipinski definition) is 2. The molecule has 94 valence electrons. The van der Waals surface area contributed by atoms with Crippen molar-refractivity contribution in [3.8, 4) is 5.75 Å². The van der Waals surface area contributed by atoms with Gasteiger partial charge < -0.3 is 15.4 Å². The van der Waals surface area contributed by atoms with E-state index in [2.05, 4.69) is 10.6 Å². The van der Waals surface area contributed by atoms with Gasteiger partial charge in [0.15, 0.2) is 11.6 Å². The maximum Gasteiger partial charge on any atom is 0.315 e. The third-order valence-corrected chi connectivity index (χ3v) is 2.20. The van der Waals surface area contributed by atoms with Crippen molar-refractivity contribution in [2.24, 2.45) is 0 Å². The van der Waals surface area contributed by atoms with Gasteiger partial charge in [0.2, 0.25) is 0 Å². The molecule has 0 aromatic heterocycles. The van der Waals surface area contributed by atoms with Crippen LogP contribution in [0.2, 0.25) is 0 Å². The number of rotatable bonds is 5. The summed E-state index contributed by atoms with van der Waals surface area (Å²) in [5.41, 5.74) is 0.690. The molecular weight excluding hydrogens is 223 g/mol. The molecule has 0 unspecified atom stereocenters. The quantitative estimate of drug-likeness (QED) is 0.827. The number of nitrogens with one attached hydrogen (secondary N) is 2. The lowest BCUT2D eigenvalue weighted by molar-refractivity contribution is 0.240. The Hall–Kier alpha value is -1.78. The van der Waals surface area contributed by atoms with Gasteiger partial charge >= 0.3 is 6.03 Å². The smallest absolute Gasteiger partial charge is 0.315 e. The van der Waals surface area contributed by atoms with E-state index in [-0.39, 0.29) is 18.3 Å². The lowest BCUT2D eigenvalue weighted by Gasteiger charge is -2.08. The molecule has 0 spiro atoms. The van der Waals surface area contributed by atoms with Gasteiger partial charge in [-0.05, 0) is 24.1 Å². The van der Waals surface area contributed by atoms with Crippen LogP contribution < -0.4 is 15.4 Å². The molecule has 17 heavy (non-hydrogen) atoms. The van der Waals surface area contributed by atoms with E-state index in [1.165, 1.54) is 19.2 Å². The first-order chi connectivity index (χ1) is 8.17. The van der Waals surface area contributed by atoms with Crippen LogP contribution in [0.1, 0.15) is 18.9 Å². The summed E-state index contributed by atoms with van der Waals surface area (Å²) in [6.45, 7) is 2.89. The maximum absolute atomic E-state index is 13.3. The summed E-state index contributed by atoms with van der Waals surface area (Å²) in [4.78, 5) is 11.2. The predicted molar refractivity (Wildman–Crippen MR) is 63.5 cm³/mol. The van der Waals surface area contributed by atoms with Crippen LogP contribution in [0.25, 0.3) is 0 Å². The zero-order chi connectivity index (χ0) is 12.7. The highest BCUT2D eigenvalue weighted by Gasteiger charge is 2.04. The van der Waals surface area contributed by atoms with Crippen molar-refractivity contribution in [1.29, 1.82) is 0 Å². The number of hydrogen-bond acceptors (Lipinski definition) is 2. The van der Waals surface area contributed by atoms with E-state index in [4.69, 9.17) is 4.74 Å². The topological polar surface area (TPSA) is 50.4 Å². The SMILES string of the molecule is CCCNC(=O)NCc1ccc(OC)c(F)c1. The predicted octanol–water partition coefficient (Wildman–Crippen LogP) is 2.04. The Kier molecular flexibility index (Phi) is 5.26. The Bertz CT molecular complexity index is 383. The van der Waals surface area contributed by atoms with Gasteiger partial charge in [-0.2, -0.15) is 0 Å². The van der Waals surface area contributed by atoms with Crippen molar-refractivity contribution in [3.05, 3.63) is 29.6 Å². The normalized spacial score (nSPS) is 9.82. The third kappa shape index (κ3) is 4.30. The number of ether oxygens (including phenoxy) is 1. The molecule has 0 heterocycles. The first-order valence-corrected chi connectivity index (χ1v) is 5.51. The average Bonchev–Trinajstić information content (AvgIpc) is 2.34. The molecule has 0 saturated carbocycles. The highest BCUT2D eigenvalue weighted by molar-refractivity contribution is 5.73. The Labute approximate surface area is 100 Å². The molecule has 4 nitrogen and oxygen atoms in total. The molecule has 0 aliphatic carbocycles. The van der Waals surface area contributed by atoms with Crippen LogP contribution in [0.15, 0.2) is 18.2 Å². The molecule has 2 N–H and O–H groups in total. The zero-order valence-corrected chi connectivity index (χ0v) is 10.0. The number of carbonyl (C=O) groups excluding carboxylic acids is 1. The Morgan fingerprint density at radius 2 is 2.18 bits per heavy atom. The maximum atomic E-state index is 13.3. The Morgan fingerprint density at radius 3 is 2.76 bits per heavy atom. The molecule has 1 aromatic rings. The highest BCUT2D eigenvalue weighted by Crippen LogP contribution is 2.17. The average molecular weight is 240 g/mol. The Morgan fingerprint density at radius 1 is 1.41 bits per heavy atom. The lowest BCUT2D eigenvalue weighted by Crippen LogP contribution is -2.35. The summed E-state index contributed by atoms with van der Waals surface area (Å²) in [5.74, 6) is -0.232. The largest absolute Gasteiger partial charge is 0.494 e. The van der Waals surface area contributed by atoms with Gasteiger partial charge in [0.25, 0.3) is 0 Å². The van der Waals surface area contributed by atoms with Crippen LogP contribution >= 0.6 is 0 Å². The molecule has 1 aromatic carbocycles. The minimum atomic E-state index is -0.430. The van der Waals surface area contributed by atoms with Crippen molar-refractivity contribution in [2.45, 2.75) is 19.9 Å². The summed E-state index contributed by atoms with van der Waals surface area (Å²) < 4.78 is 18.1. The molecule has 1 rings (SSSR count). The van der Waals surface area contributed by atoms with Crippen molar-refractivity contribution in [1.82, 2.24) is 10.6 Å². The Balaban J connectivity index is 2.47. The molecule has 0 aliphatic heterocycles. The van der Waals surface area contributed by atoms with E-state index in [0.29, 0.717) is 12.1 Å². The van der Waals surface area contributed by atoms with E-state index < -0.39 is 5.82 Å². The van der Waals surface area contributed by atoms with Crippen molar-refractivity contribution >= 4 is 6.03 Å². The van der Waals surface area contributed by atoms with Crippen molar-refractivity contribution in [2.75, 3.05) is 13.7 Å². The summed E-state index contributed by atoms with van der Waals surface area (Å²) in [6, 6.07) is 4.35. The second kappa shape index (κ2) is 6.73. The molecular formula is C12H17FN2O2. The minimum Gasteiger partial charge on any atom is -0.494 e. The van der Waals surface area contributed by atoms with Gasteiger partial charge in [-0.15, -0.1) is 0 Å². The van der Waals surface area contributed by atoms with E-state index in [9.17, 15) is 9.18 Å². The number of carbonyl (C=O) groups is 1.